The number of pyridine rings is 1. The zero-order valence-electron chi connectivity index (χ0n) is 26.3. The number of carbonyl (C=O) groups is 2. The SMILES string of the molecule is CNc1c(Cl)cc(C[C@@H](OCON2CCC3(CC2)OC(=O)Nc2ccccc23)C(=O)N2CCN(c3ccncc3)CC2)cc1C(F)(F)F. The summed E-state index contributed by atoms with van der Waals surface area (Å²) in [5.41, 5.74) is 0.850. The highest BCUT2D eigenvalue weighted by molar-refractivity contribution is 6.33. The Morgan fingerprint density at radius 3 is 2.48 bits per heavy atom. The zero-order chi connectivity index (χ0) is 33.9. The Labute approximate surface area is 280 Å². The molecule has 1 spiro atoms. The Kier molecular flexibility index (Phi) is 9.97. The normalized spacial score (nSPS) is 18.6. The van der Waals surface area contributed by atoms with Gasteiger partial charge in [0.1, 0.15) is 11.7 Å². The molecule has 2 N–H and O–H groups in total. The molecule has 1 aromatic heterocycles. The molecule has 4 heterocycles. The fourth-order valence-electron chi connectivity index (χ4n) is 6.53. The van der Waals surface area contributed by atoms with E-state index in [1.165, 1.54) is 13.1 Å². The van der Waals surface area contributed by atoms with Crippen LogP contribution in [0.25, 0.3) is 0 Å². The van der Waals surface area contributed by atoms with Crippen LogP contribution in [0, 0.1) is 0 Å². The van der Waals surface area contributed by atoms with Crippen LogP contribution in [0.3, 0.4) is 0 Å². The van der Waals surface area contributed by atoms with E-state index >= 15 is 0 Å². The van der Waals surface area contributed by atoms with Gasteiger partial charge in [0.2, 0.25) is 0 Å². The molecule has 3 aliphatic heterocycles. The topological polar surface area (TPSA) is 108 Å². The summed E-state index contributed by atoms with van der Waals surface area (Å²) in [7, 11) is 1.37. The van der Waals surface area contributed by atoms with Crippen LogP contribution in [0.4, 0.5) is 35.0 Å². The van der Waals surface area contributed by atoms with E-state index in [0.717, 1.165) is 17.3 Å². The Balaban J connectivity index is 1.13. The Morgan fingerprint density at radius 2 is 1.79 bits per heavy atom. The first-order chi connectivity index (χ1) is 23.1. The molecule has 6 rings (SSSR count). The molecule has 0 bridgehead atoms. The molecule has 15 heteroatoms. The van der Waals surface area contributed by atoms with E-state index in [9.17, 15) is 22.8 Å². The summed E-state index contributed by atoms with van der Waals surface area (Å²) in [5.74, 6) is -0.355. The van der Waals surface area contributed by atoms with Gasteiger partial charge in [0.05, 0.1) is 22.0 Å². The molecule has 0 saturated carbocycles. The molecule has 11 nitrogen and oxygen atoms in total. The van der Waals surface area contributed by atoms with Crippen molar-refractivity contribution in [2.24, 2.45) is 0 Å². The number of nitrogens with zero attached hydrogens (tertiary/aromatic N) is 4. The third kappa shape index (κ3) is 7.31. The number of hydrogen-bond acceptors (Lipinski definition) is 9. The number of rotatable bonds is 9. The van der Waals surface area contributed by atoms with Crippen molar-refractivity contribution in [1.82, 2.24) is 14.9 Å². The smallest absolute Gasteiger partial charge is 0.418 e. The molecule has 3 aliphatic rings. The predicted molar refractivity (Wildman–Crippen MR) is 173 cm³/mol. The van der Waals surface area contributed by atoms with Gasteiger partial charge in [0.25, 0.3) is 5.91 Å². The predicted octanol–water partition coefficient (Wildman–Crippen LogP) is 5.51. The molecule has 2 saturated heterocycles. The molecule has 0 unspecified atom stereocenters. The first-order valence-corrected chi connectivity index (χ1v) is 16.0. The van der Waals surface area contributed by atoms with Gasteiger partial charge in [0, 0.05) is 89.2 Å². The second-order valence-electron chi connectivity index (χ2n) is 11.9. The van der Waals surface area contributed by atoms with Gasteiger partial charge in [-0.25, -0.2) is 4.79 Å². The van der Waals surface area contributed by atoms with Gasteiger partial charge in [-0.05, 0) is 35.9 Å². The number of nitrogens with one attached hydrogen (secondary N) is 2. The van der Waals surface area contributed by atoms with Crippen molar-refractivity contribution in [1.29, 1.82) is 0 Å². The summed E-state index contributed by atoms with van der Waals surface area (Å²) < 4.78 is 53.6. The van der Waals surface area contributed by atoms with Crippen molar-refractivity contribution < 1.29 is 37.1 Å². The highest BCUT2D eigenvalue weighted by Crippen LogP contribution is 2.43. The third-order valence-electron chi connectivity index (χ3n) is 9.00. The number of halogens is 4. The van der Waals surface area contributed by atoms with E-state index < -0.39 is 29.5 Å². The van der Waals surface area contributed by atoms with Crippen molar-refractivity contribution in [3.8, 4) is 0 Å². The zero-order valence-corrected chi connectivity index (χ0v) is 27.0. The number of piperazine rings is 1. The summed E-state index contributed by atoms with van der Waals surface area (Å²) in [6.45, 7) is 2.45. The summed E-state index contributed by atoms with van der Waals surface area (Å²) in [6.07, 6.45) is -2.11. The molecule has 2 fully saturated rings. The van der Waals surface area contributed by atoms with E-state index in [4.69, 9.17) is 25.9 Å². The lowest BCUT2D eigenvalue weighted by Gasteiger charge is -2.43. The first kappa shape index (κ1) is 33.8. The van der Waals surface area contributed by atoms with Crippen LogP contribution in [0.15, 0.2) is 60.9 Å². The third-order valence-corrected chi connectivity index (χ3v) is 9.30. The van der Waals surface area contributed by atoms with Crippen LogP contribution < -0.4 is 15.5 Å². The lowest BCUT2D eigenvalue weighted by atomic mass is 9.83. The van der Waals surface area contributed by atoms with E-state index in [0.29, 0.717) is 57.8 Å². The van der Waals surface area contributed by atoms with Gasteiger partial charge in [0.15, 0.2) is 6.79 Å². The Bertz CT molecular complexity index is 1620. The minimum atomic E-state index is -4.67. The van der Waals surface area contributed by atoms with Crippen molar-refractivity contribution in [3.05, 3.63) is 82.6 Å². The number of hydroxylamine groups is 2. The number of aromatic nitrogens is 1. The number of alkyl halides is 3. The molecule has 2 aromatic carbocycles. The summed E-state index contributed by atoms with van der Waals surface area (Å²) in [4.78, 5) is 39.9. The minimum Gasteiger partial charge on any atom is -0.438 e. The quantitative estimate of drug-likeness (QED) is 0.281. The van der Waals surface area contributed by atoms with E-state index in [-0.39, 0.29) is 35.4 Å². The number of ether oxygens (including phenoxy) is 2. The van der Waals surface area contributed by atoms with Crippen LogP contribution in [0.2, 0.25) is 5.02 Å². The highest BCUT2D eigenvalue weighted by Gasteiger charge is 2.44. The van der Waals surface area contributed by atoms with Crippen LogP contribution in [-0.4, -0.2) is 86.2 Å². The van der Waals surface area contributed by atoms with Gasteiger partial charge in [-0.2, -0.15) is 18.2 Å². The summed E-state index contributed by atoms with van der Waals surface area (Å²) in [6, 6.07) is 13.7. The monoisotopic (exact) mass is 688 g/mol. The van der Waals surface area contributed by atoms with E-state index in [1.807, 2.05) is 36.4 Å². The molecule has 0 radical (unpaired) electrons. The van der Waals surface area contributed by atoms with Gasteiger partial charge in [-0.1, -0.05) is 29.8 Å². The minimum absolute atomic E-state index is 0.113. The fraction of sp³-hybridized carbons (Fsp3) is 0.424. The number of para-hydroxylation sites is 1. The molecular formula is C33H36ClF3N6O5. The maximum absolute atomic E-state index is 13.9. The maximum Gasteiger partial charge on any atom is 0.418 e. The maximum atomic E-state index is 13.9. The van der Waals surface area contributed by atoms with Crippen molar-refractivity contribution in [2.45, 2.75) is 37.1 Å². The van der Waals surface area contributed by atoms with E-state index in [1.54, 1.807) is 22.4 Å². The molecule has 256 valence electrons. The molecule has 48 heavy (non-hydrogen) atoms. The fourth-order valence-corrected chi connectivity index (χ4v) is 6.86. The average molecular weight is 689 g/mol. The second-order valence-corrected chi connectivity index (χ2v) is 12.3. The molecule has 0 aliphatic carbocycles. The number of hydrogen-bond donors (Lipinski definition) is 2. The lowest BCUT2D eigenvalue weighted by molar-refractivity contribution is -0.253. The average Bonchev–Trinajstić information content (AvgIpc) is 3.08. The van der Waals surface area contributed by atoms with Crippen molar-refractivity contribution in [2.75, 3.05) is 68.6 Å². The van der Waals surface area contributed by atoms with Crippen LogP contribution >= 0.6 is 11.6 Å². The van der Waals surface area contributed by atoms with Gasteiger partial charge < -0.3 is 24.6 Å². The molecular weight excluding hydrogens is 653 g/mol. The number of carbonyl (C=O) groups excluding carboxylic acids is 2. The molecule has 2 amide bonds. The summed E-state index contributed by atoms with van der Waals surface area (Å²) in [5, 5.41) is 6.82. The second kappa shape index (κ2) is 14.2. The number of benzene rings is 2. The first-order valence-electron chi connectivity index (χ1n) is 15.7. The number of fused-ring (bicyclic) bond motifs is 2. The lowest BCUT2D eigenvalue weighted by Crippen LogP contribution is -2.52. The van der Waals surface area contributed by atoms with Crippen molar-refractivity contribution >= 4 is 40.7 Å². The summed E-state index contributed by atoms with van der Waals surface area (Å²) >= 11 is 6.26. The van der Waals surface area contributed by atoms with Gasteiger partial charge >= 0.3 is 12.3 Å². The van der Waals surface area contributed by atoms with Gasteiger partial charge in [-0.3, -0.25) is 19.9 Å². The standard InChI is InChI=1S/C33H36ClF3N6O5/c1-38-29-25(33(35,36)37)18-22(19-26(29)34)20-28(30(44)42-16-14-41(15-17-42)23-6-10-39-11-7-23)46-21-47-43-12-8-32(9-13-43)24-4-2-3-5-27(24)40-31(45)48-32/h2-7,10-11,18-19,28,38H,8-9,12-17,20-21H2,1H3,(H,40,45)/t28-/m1/s1. The van der Waals surface area contributed by atoms with Crippen LogP contribution in [-0.2, 0) is 37.3 Å². The van der Waals surface area contributed by atoms with E-state index in [2.05, 4.69) is 20.5 Å². The van der Waals surface area contributed by atoms with Crippen LogP contribution in [0.1, 0.15) is 29.5 Å². The van der Waals surface area contributed by atoms with Crippen molar-refractivity contribution in [3.63, 3.8) is 0 Å². The largest absolute Gasteiger partial charge is 0.438 e. The number of anilines is 3. The molecule has 3 aromatic rings. The highest BCUT2D eigenvalue weighted by atomic mass is 35.5. The number of piperidine rings is 1. The Morgan fingerprint density at radius 1 is 1.08 bits per heavy atom. The Hall–Kier alpha value is -4.11. The van der Waals surface area contributed by atoms with Crippen LogP contribution in [0.5, 0.6) is 0 Å². The number of amides is 2. The van der Waals surface area contributed by atoms with Gasteiger partial charge in [-0.15, -0.1) is 0 Å². The molecule has 1 atom stereocenters.